The van der Waals surface area contributed by atoms with E-state index in [1.165, 1.54) is 0 Å². The van der Waals surface area contributed by atoms with E-state index in [1.54, 1.807) is 18.2 Å². The molecule has 1 aliphatic rings. The molecule has 6 nitrogen and oxygen atoms in total. The molecule has 2 amide bonds. The third-order valence-electron chi connectivity index (χ3n) is 2.96. The predicted octanol–water partition coefficient (Wildman–Crippen LogP) is 2.47. The van der Waals surface area contributed by atoms with Crippen LogP contribution < -0.4 is 10.6 Å². The smallest absolute Gasteiger partial charge is 0.332 e. The molecule has 1 fully saturated rings. The third kappa shape index (κ3) is 3.23. The molecule has 1 aromatic carbocycles. The fourth-order valence-electron chi connectivity index (χ4n) is 1.85. The average Bonchev–Trinajstić information content (AvgIpc) is 2.83. The number of amides is 2. The van der Waals surface area contributed by atoms with Gasteiger partial charge in [0.25, 0.3) is 0 Å². The Balaban J connectivity index is 2.08. The van der Waals surface area contributed by atoms with Gasteiger partial charge in [-0.15, -0.1) is 0 Å². The van der Waals surface area contributed by atoms with Gasteiger partial charge in [0.2, 0.25) is 0 Å². The molecule has 0 radical (unpaired) electrons. The van der Waals surface area contributed by atoms with Crippen molar-refractivity contribution in [2.24, 2.45) is 0 Å². The van der Waals surface area contributed by atoms with Crippen molar-refractivity contribution in [1.29, 1.82) is 0 Å². The van der Waals surface area contributed by atoms with E-state index in [2.05, 4.69) is 26.6 Å². The van der Waals surface area contributed by atoms with E-state index in [0.29, 0.717) is 17.3 Å². The van der Waals surface area contributed by atoms with Crippen molar-refractivity contribution in [3.05, 3.63) is 27.7 Å². The van der Waals surface area contributed by atoms with Crippen molar-refractivity contribution in [3.8, 4) is 0 Å². The van der Waals surface area contributed by atoms with Gasteiger partial charge in [0.05, 0.1) is 17.3 Å². The highest BCUT2D eigenvalue weighted by Crippen LogP contribution is 2.26. The lowest BCUT2D eigenvalue weighted by Crippen LogP contribution is -2.56. The first-order valence-electron chi connectivity index (χ1n) is 5.78. The number of halogens is 2. The van der Waals surface area contributed by atoms with Gasteiger partial charge < -0.3 is 20.5 Å². The number of carboxylic acids is 1. The molecule has 1 heterocycles. The van der Waals surface area contributed by atoms with Crippen molar-refractivity contribution < 1.29 is 19.4 Å². The minimum absolute atomic E-state index is 0.0536. The van der Waals surface area contributed by atoms with Crippen LogP contribution in [0.15, 0.2) is 22.7 Å². The number of hydrogen-bond donors (Lipinski definition) is 3. The van der Waals surface area contributed by atoms with Crippen LogP contribution in [0.4, 0.5) is 10.5 Å². The summed E-state index contributed by atoms with van der Waals surface area (Å²) in [5.74, 6) is -1.12. The maximum atomic E-state index is 11.9. The Hall–Kier alpha value is -1.31. The molecule has 0 saturated carbocycles. The highest BCUT2D eigenvalue weighted by molar-refractivity contribution is 9.10. The molecule has 0 spiro atoms. The maximum Gasteiger partial charge on any atom is 0.332 e. The number of rotatable bonds is 3. The summed E-state index contributed by atoms with van der Waals surface area (Å²) in [6, 6.07) is 4.33. The van der Waals surface area contributed by atoms with Gasteiger partial charge in [-0.25, -0.2) is 9.59 Å². The summed E-state index contributed by atoms with van der Waals surface area (Å²) in [6.45, 7) is 0.242. The second-order valence-corrected chi connectivity index (χ2v) is 5.72. The van der Waals surface area contributed by atoms with Crippen molar-refractivity contribution in [2.75, 3.05) is 18.5 Å². The first-order valence-corrected chi connectivity index (χ1v) is 6.95. The fraction of sp³-hybridized carbons (Fsp3) is 0.333. The molecule has 0 aliphatic carbocycles. The average molecular weight is 364 g/mol. The summed E-state index contributed by atoms with van der Waals surface area (Å²) in [7, 11) is 0. The van der Waals surface area contributed by atoms with Crippen molar-refractivity contribution >= 4 is 45.2 Å². The summed E-state index contributed by atoms with van der Waals surface area (Å²) < 4.78 is 5.80. The molecule has 108 valence electrons. The number of benzene rings is 1. The molecule has 20 heavy (non-hydrogen) atoms. The highest BCUT2D eigenvalue weighted by Gasteiger charge is 2.44. The van der Waals surface area contributed by atoms with Crippen molar-refractivity contribution in [1.82, 2.24) is 5.32 Å². The summed E-state index contributed by atoms with van der Waals surface area (Å²) in [6.07, 6.45) is 0.224. The van der Waals surface area contributed by atoms with Crippen LogP contribution in [0.3, 0.4) is 0 Å². The monoisotopic (exact) mass is 362 g/mol. The quantitative estimate of drug-likeness (QED) is 0.770. The Morgan fingerprint density at radius 3 is 2.80 bits per heavy atom. The number of hydrogen-bond acceptors (Lipinski definition) is 3. The van der Waals surface area contributed by atoms with Gasteiger partial charge in [-0.1, -0.05) is 27.5 Å². The minimum atomic E-state index is -1.39. The third-order valence-corrected chi connectivity index (χ3v) is 3.78. The van der Waals surface area contributed by atoms with Gasteiger partial charge in [-0.2, -0.15) is 0 Å². The number of nitrogens with one attached hydrogen (secondary N) is 2. The van der Waals surface area contributed by atoms with Crippen LogP contribution in [-0.2, 0) is 9.53 Å². The van der Waals surface area contributed by atoms with Gasteiger partial charge in [-0.3, -0.25) is 0 Å². The zero-order valence-corrected chi connectivity index (χ0v) is 12.6. The summed E-state index contributed by atoms with van der Waals surface area (Å²) in [4.78, 5) is 23.2. The SMILES string of the molecule is O=C(Nc1cc(Br)ccc1Cl)NC1(C(=O)O)CCOC1. The molecule has 8 heteroatoms. The molecular weight excluding hydrogens is 351 g/mol. The number of carbonyl (C=O) groups is 2. The summed E-state index contributed by atoms with van der Waals surface area (Å²) in [5, 5.41) is 14.5. The number of anilines is 1. The van der Waals surface area contributed by atoms with E-state index in [1.807, 2.05) is 0 Å². The Labute approximate surface area is 128 Å². The normalized spacial score (nSPS) is 21.5. The topological polar surface area (TPSA) is 87.7 Å². The lowest BCUT2D eigenvalue weighted by Gasteiger charge is -2.24. The lowest BCUT2D eigenvalue weighted by atomic mass is 9.99. The standard InChI is InChI=1S/C12H12BrClN2O4/c13-7-1-2-8(14)9(5-7)15-11(19)16-12(10(17)18)3-4-20-6-12/h1-2,5H,3-4,6H2,(H,17,18)(H2,15,16,19). The molecule has 2 rings (SSSR count). The summed E-state index contributed by atoms with van der Waals surface area (Å²) in [5.41, 5.74) is -0.999. The molecular formula is C12H12BrClN2O4. The molecule has 3 N–H and O–H groups in total. The Kier molecular flexibility index (Phi) is 4.52. The highest BCUT2D eigenvalue weighted by atomic mass is 79.9. The van der Waals surface area contributed by atoms with Gasteiger partial charge in [-0.05, 0) is 18.2 Å². The van der Waals surface area contributed by atoms with Crippen LogP contribution in [0.2, 0.25) is 5.02 Å². The molecule has 1 aliphatic heterocycles. The Morgan fingerprint density at radius 2 is 2.20 bits per heavy atom. The van der Waals surface area contributed by atoms with Crippen LogP contribution >= 0.6 is 27.5 Å². The Morgan fingerprint density at radius 1 is 1.45 bits per heavy atom. The first kappa shape index (κ1) is 15.1. The molecule has 1 atom stereocenters. The van der Waals surface area contributed by atoms with Gasteiger partial charge >= 0.3 is 12.0 Å². The van der Waals surface area contributed by atoms with Gasteiger partial charge in [0.1, 0.15) is 0 Å². The van der Waals surface area contributed by atoms with Crippen molar-refractivity contribution in [2.45, 2.75) is 12.0 Å². The van der Waals surface area contributed by atoms with E-state index >= 15 is 0 Å². The molecule has 0 bridgehead atoms. The molecule has 1 saturated heterocycles. The summed E-state index contributed by atoms with van der Waals surface area (Å²) >= 11 is 9.21. The number of urea groups is 1. The van der Waals surface area contributed by atoms with Crippen LogP contribution in [0.25, 0.3) is 0 Å². The second-order valence-electron chi connectivity index (χ2n) is 4.39. The maximum absolute atomic E-state index is 11.9. The van der Waals surface area contributed by atoms with Crippen LogP contribution in [0, 0.1) is 0 Å². The Bertz CT molecular complexity index is 546. The largest absolute Gasteiger partial charge is 0.479 e. The van der Waals surface area contributed by atoms with Crippen molar-refractivity contribution in [3.63, 3.8) is 0 Å². The molecule has 1 aromatic rings. The van der Waals surface area contributed by atoms with E-state index in [-0.39, 0.29) is 13.0 Å². The molecule has 0 aromatic heterocycles. The number of aliphatic carboxylic acids is 1. The van der Waals surface area contributed by atoms with E-state index < -0.39 is 17.5 Å². The zero-order valence-electron chi connectivity index (χ0n) is 10.3. The predicted molar refractivity (Wildman–Crippen MR) is 77.1 cm³/mol. The first-order chi connectivity index (χ1) is 9.43. The molecule has 1 unspecified atom stereocenters. The van der Waals surface area contributed by atoms with E-state index in [0.717, 1.165) is 4.47 Å². The van der Waals surface area contributed by atoms with Crippen LogP contribution in [0.1, 0.15) is 6.42 Å². The lowest BCUT2D eigenvalue weighted by molar-refractivity contribution is -0.144. The number of carboxylic acid groups (broad SMARTS) is 1. The van der Waals surface area contributed by atoms with E-state index in [4.69, 9.17) is 16.3 Å². The van der Waals surface area contributed by atoms with Crippen LogP contribution in [-0.4, -0.2) is 35.9 Å². The fourth-order valence-corrected chi connectivity index (χ4v) is 2.38. The number of carbonyl (C=O) groups excluding carboxylic acids is 1. The van der Waals surface area contributed by atoms with Gasteiger partial charge in [0.15, 0.2) is 5.54 Å². The second kappa shape index (κ2) is 5.99. The number of ether oxygens (including phenoxy) is 1. The van der Waals surface area contributed by atoms with E-state index in [9.17, 15) is 14.7 Å². The zero-order chi connectivity index (χ0) is 14.8. The van der Waals surface area contributed by atoms with Gasteiger partial charge in [0, 0.05) is 17.5 Å². The minimum Gasteiger partial charge on any atom is -0.479 e. The van der Waals surface area contributed by atoms with Crippen LogP contribution in [0.5, 0.6) is 0 Å².